The highest BCUT2D eigenvalue weighted by atomic mass is 127. The molecule has 6 rings (SSSR count). The zero-order valence-corrected chi connectivity index (χ0v) is 31.7. The average molecular weight is 811 g/mol. The summed E-state index contributed by atoms with van der Waals surface area (Å²) < 4.78 is 16.8. The molecule has 252 valence electrons. The van der Waals surface area contributed by atoms with Crippen molar-refractivity contribution in [1.29, 1.82) is 10.5 Å². The Morgan fingerprint density at radius 3 is 2.26 bits per heavy atom. The Morgan fingerprint density at radius 2 is 1.62 bits per heavy atom. The van der Waals surface area contributed by atoms with Crippen LogP contribution in [0, 0.1) is 28.6 Å². The van der Waals surface area contributed by atoms with E-state index >= 15 is 0 Å². The molecule has 50 heavy (non-hydrogen) atoms. The molecule has 0 aliphatic rings. The van der Waals surface area contributed by atoms with Gasteiger partial charge >= 0.3 is 0 Å². The van der Waals surface area contributed by atoms with E-state index in [1.807, 2.05) is 95.7 Å². The van der Waals surface area contributed by atoms with Crippen molar-refractivity contribution in [3.63, 3.8) is 0 Å². The van der Waals surface area contributed by atoms with Gasteiger partial charge in [-0.1, -0.05) is 63.4 Å². The second kappa shape index (κ2) is 16.0. The number of rotatable bonds is 12. The lowest BCUT2D eigenvalue weighted by Gasteiger charge is -2.15. The number of H-pyrrole nitrogens is 2. The lowest BCUT2D eigenvalue weighted by molar-refractivity contribution is 0.233. The number of thiol groups is 1. The van der Waals surface area contributed by atoms with Gasteiger partial charge in [0.1, 0.15) is 44.8 Å². The van der Waals surface area contributed by atoms with Gasteiger partial charge in [-0.2, -0.15) is 10.5 Å². The molecule has 0 radical (unpaired) electrons. The molecular weight excluding hydrogens is 776 g/mol. The van der Waals surface area contributed by atoms with Crippen molar-refractivity contribution in [2.45, 2.75) is 39.5 Å². The van der Waals surface area contributed by atoms with E-state index in [2.05, 4.69) is 51.8 Å². The van der Waals surface area contributed by atoms with Crippen molar-refractivity contribution in [3.05, 3.63) is 88.5 Å². The fourth-order valence-electron chi connectivity index (χ4n) is 6.10. The van der Waals surface area contributed by atoms with E-state index in [1.54, 1.807) is 7.11 Å². The highest BCUT2D eigenvalue weighted by molar-refractivity contribution is 14.1. The van der Waals surface area contributed by atoms with E-state index < -0.39 is 0 Å². The fraction of sp³-hybridized carbons (Fsp3) is 0.231. The highest BCUT2D eigenvalue weighted by Gasteiger charge is 2.23. The molecule has 2 N–H and O–H groups in total. The summed E-state index contributed by atoms with van der Waals surface area (Å²) in [4.78, 5) is 12.0. The molecule has 0 aliphatic carbocycles. The monoisotopic (exact) mass is 810 g/mol. The molecule has 3 aromatic carbocycles. The Kier molecular flexibility index (Phi) is 11.3. The number of hydrogen-bond donors (Lipinski definition) is 3. The quantitative estimate of drug-likeness (QED) is 0.0493. The number of unbranched alkanes of at least 4 members (excludes halogenated alkanes) is 1. The summed E-state index contributed by atoms with van der Waals surface area (Å²) in [5, 5.41) is 24.7. The largest absolute Gasteiger partial charge is 0.497 e. The molecule has 8 nitrogen and oxygen atoms in total. The third kappa shape index (κ3) is 7.04. The van der Waals surface area contributed by atoms with E-state index in [-0.39, 0.29) is 10.6 Å². The molecule has 3 aromatic heterocycles. The number of fused-ring (bicyclic) bond motifs is 2. The lowest BCUT2D eigenvalue weighted by Crippen LogP contribution is -2.12. The first-order chi connectivity index (χ1) is 24.4. The fourth-order valence-corrected chi connectivity index (χ4v) is 7.50. The average Bonchev–Trinajstić information content (AvgIpc) is 3.87. The first kappa shape index (κ1) is 35.3. The van der Waals surface area contributed by atoms with Gasteiger partial charge in [-0.25, -0.2) is 8.19 Å². The second-order valence-corrected chi connectivity index (χ2v) is 13.8. The Hall–Kier alpha value is -4.56. The second-order valence-electron chi connectivity index (χ2n) is 11.9. The minimum atomic E-state index is 0.282. The van der Waals surface area contributed by atoms with Gasteiger partial charge in [0.05, 0.1) is 68.9 Å². The van der Waals surface area contributed by atoms with E-state index in [9.17, 15) is 10.5 Å². The number of nitrogens with zero attached hydrogens (tertiary/aromatic N) is 4. The molecule has 11 heteroatoms. The zero-order valence-electron chi connectivity index (χ0n) is 27.9. The van der Waals surface area contributed by atoms with Crippen LogP contribution in [0.1, 0.15) is 44.5 Å². The van der Waals surface area contributed by atoms with E-state index in [0.29, 0.717) is 33.8 Å². The molecule has 0 saturated carbocycles. The van der Waals surface area contributed by atoms with Crippen molar-refractivity contribution >= 4 is 84.0 Å². The van der Waals surface area contributed by atoms with E-state index in [4.69, 9.17) is 14.5 Å². The summed E-state index contributed by atoms with van der Waals surface area (Å²) in [5.41, 5.74) is 4.68. The van der Waals surface area contributed by atoms with Crippen LogP contribution in [-0.2, 0) is 0 Å². The predicted octanol–water partition coefficient (Wildman–Crippen LogP) is 9.12. The van der Waals surface area contributed by atoms with Crippen molar-refractivity contribution < 1.29 is 9.47 Å². The van der Waals surface area contributed by atoms with E-state index in [0.717, 1.165) is 67.8 Å². The molecule has 0 aliphatic heterocycles. The first-order valence-corrected chi connectivity index (χ1v) is 18.6. The van der Waals surface area contributed by atoms with Crippen molar-refractivity contribution in [1.82, 2.24) is 15.0 Å². The maximum Gasteiger partial charge on any atom is 0.137 e. The van der Waals surface area contributed by atoms with Crippen LogP contribution >= 0.6 is 46.8 Å². The van der Waals surface area contributed by atoms with Crippen LogP contribution in [0.25, 0.3) is 54.7 Å². The van der Waals surface area contributed by atoms with Gasteiger partial charge < -0.3 is 19.4 Å². The molecule has 6 aromatic rings. The number of halogens is 1. The van der Waals surface area contributed by atoms with Crippen LogP contribution in [0.3, 0.4) is 0 Å². The SMILES string of the molecule is CCCCC(CC)COc1ccc(-c2[nH]/c(=C(/C#N)C(S)=NI)c3c(-c4ccccc4)[nH]/c(=C(/C#N)c4nc5ccc(OC)cc5s4)c23)cc1. The summed E-state index contributed by atoms with van der Waals surface area (Å²) in [6, 6.07) is 28.3. The molecular formula is C39H35IN6O2S2. The van der Waals surface area contributed by atoms with Crippen molar-refractivity contribution in [2.75, 3.05) is 13.7 Å². The van der Waals surface area contributed by atoms with Crippen LogP contribution in [0.2, 0.25) is 0 Å². The Bertz CT molecular complexity index is 2400. The normalized spacial score (nSPS) is 13.5. The van der Waals surface area contributed by atoms with Gasteiger partial charge in [0.25, 0.3) is 0 Å². The highest BCUT2D eigenvalue weighted by Crippen LogP contribution is 2.34. The van der Waals surface area contributed by atoms with Gasteiger partial charge in [0.15, 0.2) is 0 Å². The Morgan fingerprint density at radius 1 is 0.940 bits per heavy atom. The Balaban J connectivity index is 1.64. The van der Waals surface area contributed by atoms with Gasteiger partial charge in [0.2, 0.25) is 0 Å². The summed E-state index contributed by atoms with van der Waals surface area (Å²) in [7, 11) is 1.63. The standard InChI is InChI=1S/C39H35IN6O2S2/c1-4-6-10-23(5-2)22-48-26-15-13-25(14-16-26)35-33-32(36(44-35)28(20-41)38(49)46-40)34(24-11-8-7-9-12-24)45-37(33)29(21-42)39-43-30-18-17-27(47-3)19-31(30)50-39/h7-9,11-19,23,44-45H,4-6,10,22H2,1-3H3,(H,46,49)/b36-28-,37-29-. The maximum atomic E-state index is 10.8. The molecule has 1 unspecified atom stereocenters. The van der Waals surface area contributed by atoms with Crippen LogP contribution in [0.4, 0.5) is 0 Å². The smallest absolute Gasteiger partial charge is 0.137 e. The summed E-state index contributed by atoms with van der Waals surface area (Å²) in [6.07, 6.45) is 4.60. The van der Waals surface area contributed by atoms with Gasteiger partial charge in [-0.15, -0.1) is 24.0 Å². The zero-order chi connectivity index (χ0) is 35.2. The molecule has 0 saturated heterocycles. The summed E-state index contributed by atoms with van der Waals surface area (Å²) >= 11 is 7.84. The number of methoxy groups -OCH3 is 1. The molecule has 0 spiro atoms. The first-order valence-electron chi connectivity index (χ1n) is 16.4. The molecule has 1 atom stereocenters. The van der Waals surface area contributed by atoms with E-state index in [1.165, 1.54) is 24.2 Å². The number of thiazole rings is 1. The molecule has 3 heterocycles. The summed E-state index contributed by atoms with van der Waals surface area (Å²) in [5.74, 6) is 2.02. The molecule has 0 fully saturated rings. The van der Waals surface area contributed by atoms with Crippen molar-refractivity contribution in [3.8, 4) is 46.2 Å². The number of ether oxygens (including phenoxy) is 2. The van der Waals surface area contributed by atoms with Crippen molar-refractivity contribution in [2.24, 2.45) is 9.12 Å². The van der Waals surface area contributed by atoms with Crippen LogP contribution < -0.4 is 20.2 Å². The number of benzene rings is 3. The van der Waals surface area contributed by atoms with Gasteiger partial charge in [-0.3, -0.25) is 0 Å². The topological polar surface area (TPSA) is 123 Å². The maximum absolute atomic E-state index is 10.8. The van der Waals surface area contributed by atoms with Gasteiger partial charge in [0, 0.05) is 10.8 Å². The summed E-state index contributed by atoms with van der Waals surface area (Å²) in [6.45, 7) is 5.09. The minimum absolute atomic E-state index is 0.282. The third-order valence-electron chi connectivity index (χ3n) is 8.82. The third-order valence-corrected chi connectivity index (χ3v) is 11.0. The van der Waals surface area contributed by atoms with Gasteiger partial charge in [-0.05, 0) is 65.9 Å². The number of nitrogens with one attached hydrogen (secondary N) is 2. The number of aromatic amines is 2. The Labute approximate surface area is 314 Å². The number of hydrogen-bond acceptors (Lipinski definition) is 7. The lowest BCUT2D eigenvalue weighted by atomic mass is 10.0. The minimum Gasteiger partial charge on any atom is -0.497 e. The molecule has 0 bridgehead atoms. The van der Waals surface area contributed by atoms with Crippen LogP contribution in [0.15, 0.2) is 76.0 Å². The predicted molar refractivity (Wildman–Crippen MR) is 215 cm³/mol. The van der Waals surface area contributed by atoms with Crippen LogP contribution in [0.5, 0.6) is 11.5 Å². The number of nitriles is 2. The molecule has 0 amide bonds. The van der Waals surface area contributed by atoms with Crippen LogP contribution in [-0.4, -0.2) is 33.7 Å². The number of aromatic nitrogens is 3.